The van der Waals surface area contributed by atoms with Crippen LogP contribution in [0.3, 0.4) is 0 Å². The van der Waals surface area contributed by atoms with Crippen molar-refractivity contribution in [1.82, 2.24) is 5.32 Å². The Labute approximate surface area is 164 Å². The summed E-state index contributed by atoms with van der Waals surface area (Å²) in [6, 6.07) is 6.37. The van der Waals surface area contributed by atoms with Crippen LogP contribution in [0.5, 0.6) is 0 Å². The molecule has 7 nitrogen and oxygen atoms in total. The lowest BCUT2D eigenvalue weighted by Crippen LogP contribution is -2.48. The van der Waals surface area contributed by atoms with Crippen LogP contribution in [0, 0.1) is 11.6 Å². The zero-order chi connectivity index (χ0) is 21.3. The quantitative estimate of drug-likeness (QED) is 0.765. The highest BCUT2D eigenvalue weighted by Crippen LogP contribution is 2.35. The normalized spacial score (nSPS) is 16.5. The van der Waals surface area contributed by atoms with Crippen molar-refractivity contribution in [2.45, 2.75) is 13.0 Å². The molecule has 0 aromatic heterocycles. The standard InChI is InChI=1S/C20H16F2N2O5/c1-10-16(19(27)29-2)17(14-8-5-12(21)9-15(14)22)23-20(28)24(10)13-6-3-11(4-7-13)18(25)26/h3-9,17H,1-2H3,(H,23,28)(H,25,26)/t17-/m1/s1. The number of amides is 2. The summed E-state index contributed by atoms with van der Waals surface area (Å²) in [6.07, 6.45) is 0. The predicted octanol–water partition coefficient (Wildman–Crippen LogP) is 3.38. The van der Waals surface area contributed by atoms with Crippen LogP contribution < -0.4 is 10.2 Å². The Bertz CT molecular complexity index is 1030. The lowest BCUT2D eigenvalue weighted by Gasteiger charge is -2.35. The number of anilines is 1. The van der Waals surface area contributed by atoms with Gasteiger partial charge in [-0.3, -0.25) is 4.90 Å². The van der Waals surface area contributed by atoms with E-state index in [-0.39, 0.29) is 22.4 Å². The van der Waals surface area contributed by atoms with Crippen molar-refractivity contribution < 1.29 is 33.0 Å². The van der Waals surface area contributed by atoms with Crippen molar-refractivity contribution in [3.63, 3.8) is 0 Å². The number of allylic oxidation sites excluding steroid dienone is 1. The number of carboxylic acids is 1. The molecule has 0 saturated heterocycles. The molecule has 1 aliphatic rings. The van der Waals surface area contributed by atoms with Gasteiger partial charge in [-0.05, 0) is 37.3 Å². The molecule has 2 N–H and O–H groups in total. The zero-order valence-corrected chi connectivity index (χ0v) is 15.4. The summed E-state index contributed by atoms with van der Waals surface area (Å²) in [4.78, 5) is 37.4. The molecule has 0 aliphatic carbocycles. The molecule has 150 valence electrons. The number of rotatable bonds is 4. The van der Waals surface area contributed by atoms with Crippen LogP contribution in [0.4, 0.5) is 19.3 Å². The first-order valence-electron chi connectivity index (χ1n) is 8.42. The topological polar surface area (TPSA) is 95.9 Å². The van der Waals surface area contributed by atoms with E-state index < -0.39 is 35.6 Å². The van der Waals surface area contributed by atoms with Crippen molar-refractivity contribution in [3.8, 4) is 0 Å². The Balaban J connectivity index is 2.13. The van der Waals surface area contributed by atoms with E-state index in [1.54, 1.807) is 0 Å². The van der Waals surface area contributed by atoms with Crippen LogP contribution in [0.15, 0.2) is 53.7 Å². The third-order valence-electron chi connectivity index (χ3n) is 4.54. The molecular formula is C20H16F2N2O5. The van der Waals surface area contributed by atoms with Gasteiger partial charge in [0.15, 0.2) is 0 Å². The van der Waals surface area contributed by atoms with E-state index >= 15 is 0 Å². The minimum atomic E-state index is -1.19. The number of carbonyl (C=O) groups is 3. The monoisotopic (exact) mass is 402 g/mol. The Morgan fingerprint density at radius 3 is 2.34 bits per heavy atom. The molecular weight excluding hydrogens is 386 g/mol. The number of ether oxygens (including phenoxy) is 1. The molecule has 0 saturated carbocycles. The number of carboxylic acid groups (broad SMARTS) is 1. The molecule has 2 amide bonds. The van der Waals surface area contributed by atoms with Gasteiger partial charge in [0.25, 0.3) is 0 Å². The summed E-state index contributed by atoms with van der Waals surface area (Å²) in [5.41, 5.74) is 0.342. The van der Waals surface area contributed by atoms with E-state index in [2.05, 4.69) is 5.32 Å². The Morgan fingerprint density at radius 1 is 1.14 bits per heavy atom. The van der Waals surface area contributed by atoms with Gasteiger partial charge in [-0.15, -0.1) is 0 Å². The molecule has 1 atom stereocenters. The molecule has 0 bridgehead atoms. The second-order valence-electron chi connectivity index (χ2n) is 6.23. The van der Waals surface area contributed by atoms with Crippen LogP contribution in [0.1, 0.15) is 28.9 Å². The van der Waals surface area contributed by atoms with Gasteiger partial charge in [-0.25, -0.2) is 23.2 Å². The molecule has 0 spiro atoms. The number of nitrogens with one attached hydrogen (secondary N) is 1. The smallest absolute Gasteiger partial charge is 0.337 e. The lowest BCUT2D eigenvalue weighted by atomic mass is 9.94. The molecule has 29 heavy (non-hydrogen) atoms. The van der Waals surface area contributed by atoms with Crippen LogP contribution in [-0.4, -0.2) is 30.2 Å². The number of aromatic carboxylic acids is 1. The number of methoxy groups -OCH3 is 1. The number of halogens is 2. The summed E-state index contributed by atoms with van der Waals surface area (Å²) < 4.78 is 32.4. The molecule has 9 heteroatoms. The van der Waals surface area contributed by atoms with Crippen molar-refractivity contribution in [1.29, 1.82) is 0 Å². The lowest BCUT2D eigenvalue weighted by molar-refractivity contribution is -0.136. The van der Waals surface area contributed by atoms with Crippen LogP contribution in [-0.2, 0) is 9.53 Å². The Hall–Kier alpha value is -3.75. The molecule has 2 aromatic rings. The molecule has 0 unspecified atom stereocenters. The van der Waals surface area contributed by atoms with Crippen molar-refractivity contribution in [2.24, 2.45) is 0 Å². The first-order valence-corrected chi connectivity index (χ1v) is 8.42. The van der Waals surface area contributed by atoms with E-state index in [1.165, 1.54) is 31.2 Å². The molecule has 1 aliphatic heterocycles. The number of hydrogen-bond donors (Lipinski definition) is 2. The van der Waals surface area contributed by atoms with E-state index in [1.807, 2.05) is 0 Å². The SMILES string of the molecule is COC(=O)C1=C(C)N(c2ccc(C(=O)O)cc2)C(=O)N[C@@H]1c1ccc(F)cc1F. The van der Waals surface area contributed by atoms with Gasteiger partial charge in [0.1, 0.15) is 11.6 Å². The highest BCUT2D eigenvalue weighted by molar-refractivity contribution is 6.03. The number of urea groups is 1. The van der Waals surface area contributed by atoms with E-state index in [0.717, 1.165) is 24.1 Å². The van der Waals surface area contributed by atoms with Gasteiger partial charge in [0.05, 0.1) is 30.0 Å². The highest BCUT2D eigenvalue weighted by atomic mass is 19.1. The van der Waals surface area contributed by atoms with Crippen molar-refractivity contribution >= 4 is 23.7 Å². The minimum Gasteiger partial charge on any atom is -0.478 e. The average Bonchev–Trinajstić information content (AvgIpc) is 2.67. The maximum atomic E-state index is 14.3. The van der Waals surface area contributed by atoms with Crippen LogP contribution in [0.25, 0.3) is 0 Å². The van der Waals surface area contributed by atoms with Gasteiger partial charge in [-0.1, -0.05) is 6.07 Å². The summed E-state index contributed by atoms with van der Waals surface area (Å²) in [6.45, 7) is 1.48. The number of benzene rings is 2. The third kappa shape index (κ3) is 3.66. The minimum absolute atomic E-state index is 0.0206. The van der Waals surface area contributed by atoms with Gasteiger partial charge >= 0.3 is 18.0 Å². The highest BCUT2D eigenvalue weighted by Gasteiger charge is 2.38. The molecule has 3 rings (SSSR count). The summed E-state index contributed by atoms with van der Waals surface area (Å²) >= 11 is 0. The second kappa shape index (κ2) is 7.70. The molecule has 0 radical (unpaired) electrons. The van der Waals surface area contributed by atoms with Crippen LogP contribution >= 0.6 is 0 Å². The molecule has 0 fully saturated rings. The number of esters is 1. The van der Waals surface area contributed by atoms with Crippen LogP contribution in [0.2, 0.25) is 0 Å². The van der Waals surface area contributed by atoms with E-state index in [4.69, 9.17) is 9.84 Å². The summed E-state index contributed by atoms with van der Waals surface area (Å²) in [5, 5.41) is 11.5. The first-order chi connectivity index (χ1) is 13.7. The van der Waals surface area contributed by atoms with Gasteiger partial charge in [0, 0.05) is 17.3 Å². The van der Waals surface area contributed by atoms with E-state index in [9.17, 15) is 23.2 Å². The zero-order valence-electron chi connectivity index (χ0n) is 15.4. The van der Waals surface area contributed by atoms with Gasteiger partial charge in [-0.2, -0.15) is 0 Å². The second-order valence-corrected chi connectivity index (χ2v) is 6.23. The summed E-state index contributed by atoms with van der Waals surface area (Å²) in [7, 11) is 1.14. The number of hydrogen-bond acceptors (Lipinski definition) is 4. The fraction of sp³-hybridized carbons (Fsp3) is 0.150. The molecule has 1 heterocycles. The maximum absolute atomic E-state index is 14.3. The predicted molar refractivity (Wildman–Crippen MR) is 98.2 cm³/mol. The third-order valence-corrected chi connectivity index (χ3v) is 4.54. The molecule has 2 aromatic carbocycles. The van der Waals surface area contributed by atoms with Gasteiger partial charge in [0.2, 0.25) is 0 Å². The Kier molecular flexibility index (Phi) is 5.31. The Morgan fingerprint density at radius 2 is 1.79 bits per heavy atom. The first kappa shape index (κ1) is 20.0. The fourth-order valence-electron chi connectivity index (χ4n) is 3.15. The number of carbonyl (C=O) groups excluding carboxylic acids is 2. The number of nitrogens with zero attached hydrogens (tertiary/aromatic N) is 1. The largest absolute Gasteiger partial charge is 0.478 e. The fourth-order valence-corrected chi connectivity index (χ4v) is 3.15. The average molecular weight is 402 g/mol. The summed E-state index contributed by atoms with van der Waals surface area (Å²) in [5.74, 6) is -3.66. The van der Waals surface area contributed by atoms with Crippen molar-refractivity contribution in [2.75, 3.05) is 12.0 Å². The van der Waals surface area contributed by atoms with Gasteiger partial charge < -0.3 is 15.2 Å². The van der Waals surface area contributed by atoms with E-state index in [0.29, 0.717) is 11.8 Å². The van der Waals surface area contributed by atoms with Crippen molar-refractivity contribution in [3.05, 3.63) is 76.5 Å². The maximum Gasteiger partial charge on any atom is 0.337 e.